The van der Waals surface area contributed by atoms with Crippen LogP contribution in [0.25, 0.3) is 21.8 Å². The predicted octanol–water partition coefficient (Wildman–Crippen LogP) is 12.0. The molecule has 123 heavy (non-hydrogen) atoms. The third-order valence-corrected chi connectivity index (χ3v) is 18.8. The van der Waals surface area contributed by atoms with E-state index in [1.807, 2.05) is 24.3 Å². The van der Waals surface area contributed by atoms with Crippen LogP contribution in [0.2, 0.25) is 0 Å². The number of nitrogens with zero attached hydrogens (tertiary/aromatic N) is 7. The van der Waals surface area contributed by atoms with Gasteiger partial charge in [0.15, 0.2) is 17.3 Å². The molecule has 0 bridgehead atoms. The summed E-state index contributed by atoms with van der Waals surface area (Å²) in [7, 11) is -4.67. The van der Waals surface area contributed by atoms with Gasteiger partial charge in [-0.05, 0) is 169 Å². The van der Waals surface area contributed by atoms with E-state index in [1.165, 1.54) is 55.5 Å². The van der Waals surface area contributed by atoms with E-state index in [0.717, 1.165) is 56.2 Å². The van der Waals surface area contributed by atoms with Crippen LogP contribution in [-0.4, -0.2) is 127 Å². The van der Waals surface area contributed by atoms with E-state index in [0.29, 0.717) is 98.5 Å². The summed E-state index contributed by atoms with van der Waals surface area (Å²) in [6.07, 6.45) is 13.2. The third kappa shape index (κ3) is 38.4. The first-order valence-corrected chi connectivity index (χ1v) is 40.7. The molecule has 1 saturated heterocycles. The normalized spacial score (nSPS) is 13.5. The first-order valence-electron chi connectivity index (χ1n) is 35.3. The number of anilines is 2. The van der Waals surface area contributed by atoms with Gasteiger partial charge < -0.3 is 42.4 Å². The van der Waals surface area contributed by atoms with Crippen molar-refractivity contribution in [3.8, 4) is 29.9 Å². The number of pyridine rings is 2. The van der Waals surface area contributed by atoms with Gasteiger partial charge in [-0.3, -0.25) is 62.3 Å². The first kappa shape index (κ1) is 110. The molecule has 14 rings (SSSR count). The van der Waals surface area contributed by atoms with Crippen molar-refractivity contribution in [2.45, 2.75) is 119 Å². The van der Waals surface area contributed by atoms with Crippen LogP contribution in [-0.2, 0) is 68.3 Å². The molecule has 6 aromatic carbocycles. The van der Waals surface area contributed by atoms with E-state index in [-0.39, 0.29) is 122 Å². The number of ether oxygens (including phenoxy) is 1. The number of aliphatic hydroxyl groups is 2. The molecule has 1 amide bonds. The maximum Gasteiger partial charge on any atom is 1.00 e. The number of Topliss-reactive ketones (excluding diaryl/α,β-unsaturated/α-hetero) is 3. The van der Waals surface area contributed by atoms with Crippen LogP contribution in [0.15, 0.2) is 171 Å². The van der Waals surface area contributed by atoms with Crippen molar-refractivity contribution < 1.29 is 134 Å². The molecule has 10 aromatic rings. The number of aryl methyl sites for hydroxylation is 2. The van der Waals surface area contributed by atoms with Gasteiger partial charge in [0.05, 0.1) is 22.3 Å². The maximum atomic E-state index is 14.7. The second-order valence-electron chi connectivity index (χ2n) is 28.4. The van der Waals surface area contributed by atoms with Gasteiger partial charge in [-0.25, -0.2) is 46.3 Å². The number of piperidine rings is 1. The quantitative estimate of drug-likeness (QED) is 0.00622. The van der Waals surface area contributed by atoms with Crippen molar-refractivity contribution >= 4 is 159 Å². The molecule has 0 saturated carbocycles. The van der Waals surface area contributed by atoms with Crippen molar-refractivity contribution in [3.63, 3.8) is 0 Å². The molecule has 652 valence electrons. The molecule has 4 aromatic heterocycles. The van der Waals surface area contributed by atoms with E-state index < -0.39 is 57.3 Å². The van der Waals surface area contributed by atoms with Gasteiger partial charge in [0, 0.05) is 97.7 Å². The molecular weight excluding hydrogens is 1980 g/mol. The predicted molar refractivity (Wildman–Crippen MR) is 461 cm³/mol. The molecule has 0 radical (unpaired) electrons. The zero-order valence-electron chi connectivity index (χ0n) is 66.8. The Hall–Kier alpha value is -9.31. The number of amides is 1. The zero-order chi connectivity index (χ0) is 91.0. The number of halogens is 11. The number of nitrogens with two attached hydrogens (primary N) is 2. The number of ketones is 3. The van der Waals surface area contributed by atoms with Crippen LogP contribution in [0.3, 0.4) is 0 Å². The van der Waals surface area contributed by atoms with Crippen molar-refractivity contribution in [1.29, 1.82) is 0 Å². The molecule has 0 spiro atoms. The van der Waals surface area contributed by atoms with E-state index in [2.05, 4.69) is 174 Å². The fraction of sp³-hybridized carbons (Fsp3) is 0.268. The largest absolute Gasteiger partial charge is 1.00 e. The molecule has 41 heteroatoms. The van der Waals surface area contributed by atoms with Crippen LogP contribution < -0.4 is 62.2 Å². The van der Waals surface area contributed by atoms with E-state index in [9.17, 15) is 59.9 Å². The fourth-order valence-electron chi connectivity index (χ4n) is 11.1. The minimum absolute atomic E-state index is 0. The number of carbonyl (C=O) groups excluding carboxylic acids is 5. The Morgan fingerprint density at radius 1 is 0.650 bits per heavy atom. The standard InChI is InChI=1S/C21H18FN3O.C14H14BrFN2O.C9H7BrFNO2.C9H4BrFO2.C7H5BrFNO2.C7H13NO.C7H5N.C6H5BrFN.C2H6O2.Na.H2O4S.H2O2.H2O/c1-21(2)9-8-18-24-17-12-14(6-7-15-5-3-4-10-23-15)11-16(22)19(17)20(26)25(18)13-21;1-14(2)4-3-11-17-10-6-8(15)5-9(16)12(10)13(19)18(11)7-14;10-7-1-6(2-8(11)4-7)3-9(13)5-12-14;10-5-1-4-2-7(12)9(13)8(4)6(11)3-5;8-4-1-5(9)7(12-3-11)6(10)2-4;1-7(2)4-3-6(9)8-5-7;1-2-7-5-3-4-6-8-7;7-4-1-5(8)3-6(9)2-4;1-2(3)4;;1-5(2,3)4;1-2;/h3-5,10-12H,8-9,13H2,1-2H3;5-6H,3-4,7H2,1-2H3;1-2,4-5,14H,3H2;1,3H,2H2;1-3H,10H2;3-5H2,1-2H3,(H,8,9);1,3-6H;1-3H,9H2;2-4H,1H3;;(H2,1,2,3,4);1-2H;1H2/q;;;;;;;;;+1;;;/p-1/b;;12-5+;;;;;;;;;;. The average Bonchev–Trinajstić information content (AvgIpc) is 1.40. The number of nitrogen functional groups attached to an aromatic ring is 2. The Bertz CT molecular complexity index is 5640. The van der Waals surface area contributed by atoms with Crippen molar-refractivity contribution in [1.82, 2.24) is 34.4 Å². The molecule has 7 heterocycles. The number of carbonyl (C=O) groups is 5. The van der Waals surface area contributed by atoms with Crippen LogP contribution in [0, 0.1) is 75.3 Å². The van der Waals surface area contributed by atoms with Crippen LogP contribution in [0.4, 0.5) is 37.7 Å². The molecule has 13 N–H and O–H groups in total. The Morgan fingerprint density at radius 2 is 1.11 bits per heavy atom. The van der Waals surface area contributed by atoms with Gasteiger partial charge in [0.25, 0.3) is 17.6 Å². The molecular formula is C82H82Br5F6N10NaO18S. The maximum absolute atomic E-state index is 14.7. The van der Waals surface area contributed by atoms with Gasteiger partial charge in [-0.2, -0.15) is 8.42 Å². The SMILES string of the molecule is C#Cc1ccccn1.CC(O)O.CC1(C)CCC(=O)NC1.CC1(C)CCc2nc3cc(Br)cc(F)c3c(=O)n2C1.CC1(C)CCc2nc3cc(C#Cc4ccccn4)cc(F)c3c(=O)n2C1.Nc1cc(Br)cc(F)c1OC=O.Nc1cc(F)cc(Br)c1.O=C(/C=N/O)Cc1cc(F)cc(Br)c1.O=C1Cc2cc(Br)cc(F)c2C1=O.O=S(=O)(O)O.OO.[Na+].[OH-]. The molecule has 1 fully saturated rings. The van der Waals surface area contributed by atoms with Crippen LogP contribution in [0.1, 0.15) is 124 Å². The Balaban J connectivity index is 0.000000479. The second kappa shape index (κ2) is 51.8. The van der Waals surface area contributed by atoms with Crippen molar-refractivity contribution in [2.24, 2.45) is 21.4 Å². The Kier molecular flexibility index (Phi) is 46.3. The number of nitrogens with one attached hydrogen (secondary N) is 1. The number of hydrogen-bond donors (Lipinski definition) is 10. The van der Waals surface area contributed by atoms with E-state index in [1.54, 1.807) is 64.0 Å². The summed E-state index contributed by atoms with van der Waals surface area (Å²) in [5.74, 6) is 4.91. The first-order chi connectivity index (χ1) is 56.6. The third-order valence-electron chi connectivity index (χ3n) is 16.5. The number of rotatable bonds is 5. The summed E-state index contributed by atoms with van der Waals surface area (Å²) < 4.78 is 122. The van der Waals surface area contributed by atoms with Crippen LogP contribution in [0.5, 0.6) is 5.75 Å². The van der Waals surface area contributed by atoms with Gasteiger partial charge >= 0.3 is 40.0 Å². The number of aromatic nitrogens is 6. The number of aliphatic hydroxyl groups excluding tert-OH is 1. The topological polar surface area (TPSA) is 472 Å². The number of hydrogen-bond acceptors (Lipinski definition) is 23. The Morgan fingerprint density at radius 3 is 1.56 bits per heavy atom. The van der Waals surface area contributed by atoms with Crippen molar-refractivity contribution in [2.75, 3.05) is 18.0 Å². The summed E-state index contributed by atoms with van der Waals surface area (Å²) in [6, 6.07) is 30.8. The summed E-state index contributed by atoms with van der Waals surface area (Å²) in [6.45, 7) is 16.2. The smallest absolute Gasteiger partial charge is 0.870 e. The Labute approximate surface area is 766 Å². The minimum atomic E-state index is -4.67. The monoisotopic (exact) mass is 2060 g/mol. The van der Waals surface area contributed by atoms with Gasteiger partial charge in [0.1, 0.15) is 75.4 Å². The van der Waals surface area contributed by atoms with Crippen molar-refractivity contribution in [3.05, 3.63) is 257 Å². The average molecular weight is 2060 g/mol. The summed E-state index contributed by atoms with van der Waals surface area (Å²) in [5.41, 5.74) is 14.5. The summed E-state index contributed by atoms with van der Waals surface area (Å²) >= 11 is 15.6. The molecule has 3 aliphatic heterocycles. The van der Waals surface area contributed by atoms with E-state index in [4.69, 9.17) is 61.3 Å². The van der Waals surface area contributed by atoms with Gasteiger partial charge in [-0.1, -0.05) is 150 Å². The molecule has 4 aliphatic rings. The zero-order valence-corrected chi connectivity index (χ0v) is 77.5. The second-order valence-corrected chi connectivity index (χ2v) is 33.9. The van der Waals surface area contributed by atoms with E-state index >= 15 is 0 Å². The molecule has 1 aliphatic carbocycles. The number of fused-ring (bicyclic) bond motifs is 5. The fourth-order valence-corrected chi connectivity index (χ4v) is 13.4. The summed E-state index contributed by atoms with van der Waals surface area (Å²) in [4.78, 5) is 95.9. The molecule has 28 nitrogen and oxygen atoms in total. The van der Waals surface area contributed by atoms with Gasteiger partial charge in [0.2, 0.25) is 17.5 Å². The number of terminal acetylenes is 1. The minimum Gasteiger partial charge on any atom is -0.870 e. The number of oxime groups is 1. The summed E-state index contributed by atoms with van der Waals surface area (Å²) in [5, 5.41) is 40.9. The van der Waals surface area contributed by atoms with Crippen LogP contribution >= 0.6 is 79.6 Å². The molecule has 0 unspecified atom stereocenters. The molecule has 0 atom stereocenters. The number of benzene rings is 6. The van der Waals surface area contributed by atoms with Gasteiger partial charge in [-0.15, -0.1) is 6.42 Å².